The summed E-state index contributed by atoms with van der Waals surface area (Å²) in [4.78, 5) is 0. The largest absolute Gasteiger partial charge is 0.333 e. The van der Waals surface area contributed by atoms with Gasteiger partial charge in [-0.1, -0.05) is 0 Å². The molecule has 6 heteroatoms. The van der Waals surface area contributed by atoms with Crippen LogP contribution >= 0.6 is 7.60 Å². The first-order chi connectivity index (χ1) is 7.64. The Morgan fingerprint density at radius 2 is 1.62 bits per heavy atom. The van der Waals surface area contributed by atoms with E-state index in [1.54, 1.807) is 0 Å². The lowest BCUT2D eigenvalue weighted by atomic mass is 10.2. The maximum Gasteiger partial charge on any atom is 0.333 e. The van der Waals surface area contributed by atoms with Gasteiger partial charge in [0, 0.05) is 0 Å². The zero-order chi connectivity index (χ0) is 12.4. The third-order valence-electron chi connectivity index (χ3n) is 2.31. The Bertz CT molecular complexity index is 204. The Balaban J connectivity index is 4.56. The highest BCUT2D eigenvalue weighted by atomic mass is 31.2. The molecule has 0 saturated carbocycles. The minimum Gasteiger partial charge on any atom is -0.330 e. The Kier molecular flexibility index (Phi) is 9.18. The van der Waals surface area contributed by atoms with E-state index in [4.69, 9.17) is 20.5 Å². The van der Waals surface area contributed by atoms with E-state index >= 15 is 0 Å². The van der Waals surface area contributed by atoms with E-state index in [2.05, 4.69) is 0 Å². The first-order valence-corrected chi connectivity index (χ1v) is 7.54. The van der Waals surface area contributed by atoms with Gasteiger partial charge in [-0.25, -0.2) is 0 Å². The van der Waals surface area contributed by atoms with Gasteiger partial charge in [0.1, 0.15) is 0 Å². The van der Waals surface area contributed by atoms with Gasteiger partial charge in [-0.15, -0.1) is 0 Å². The van der Waals surface area contributed by atoms with Gasteiger partial charge in [0.2, 0.25) is 0 Å². The zero-order valence-electron chi connectivity index (χ0n) is 10.4. The average Bonchev–Trinajstić information content (AvgIpc) is 2.24. The van der Waals surface area contributed by atoms with Crippen molar-refractivity contribution in [2.75, 3.05) is 26.3 Å². The smallest absolute Gasteiger partial charge is 0.330 e. The van der Waals surface area contributed by atoms with Crippen molar-refractivity contribution in [1.29, 1.82) is 0 Å². The highest BCUT2D eigenvalue weighted by Crippen LogP contribution is 2.55. The molecule has 0 aromatic rings. The van der Waals surface area contributed by atoms with Crippen LogP contribution in [0.3, 0.4) is 0 Å². The van der Waals surface area contributed by atoms with Crippen LogP contribution in [-0.2, 0) is 13.6 Å². The minimum absolute atomic E-state index is 0.124. The van der Waals surface area contributed by atoms with Crippen LogP contribution < -0.4 is 11.5 Å². The van der Waals surface area contributed by atoms with E-state index in [1.165, 1.54) is 0 Å². The van der Waals surface area contributed by atoms with Crippen molar-refractivity contribution < 1.29 is 13.6 Å². The molecular weight excluding hydrogens is 227 g/mol. The fraction of sp³-hybridized carbons (Fsp3) is 1.00. The number of hydrogen-bond acceptors (Lipinski definition) is 5. The molecule has 0 rings (SSSR count). The molecule has 1 atom stereocenters. The number of nitrogens with two attached hydrogens (primary N) is 2. The van der Waals surface area contributed by atoms with E-state index in [9.17, 15) is 4.57 Å². The molecule has 0 aromatic heterocycles. The van der Waals surface area contributed by atoms with Crippen molar-refractivity contribution in [1.82, 2.24) is 0 Å². The van der Waals surface area contributed by atoms with Gasteiger partial charge in [0.15, 0.2) is 0 Å². The Morgan fingerprint density at radius 3 is 2.00 bits per heavy atom. The lowest BCUT2D eigenvalue weighted by Crippen LogP contribution is -2.19. The molecule has 0 radical (unpaired) electrons. The summed E-state index contributed by atoms with van der Waals surface area (Å²) in [6, 6.07) is 0. The molecule has 0 saturated heterocycles. The Hall–Kier alpha value is 0.0700. The monoisotopic (exact) mass is 252 g/mol. The molecule has 1 unspecified atom stereocenters. The highest BCUT2D eigenvalue weighted by Gasteiger charge is 2.34. The maximum atomic E-state index is 12.5. The summed E-state index contributed by atoms with van der Waals surface area (Å²) in [5, 5.41) is 0. The molecule has 0 aliphatic rings. The van der Waals surface area contributed by atoms with Gasteiger partial charge < -0.3 is 20.5 Å². The number of rotatable bonds is 10. The van der Waals surface area contributed by atoms with Crippen molar-refractivity contribution >= 4 is 7.60 Å². The second-order valence-electron chi connectivity index (χ2n) is 3.54. The summed E-state index contributed by atoms with van der Waals surface area (Å²) in [5.41, 5.74) is 10.9. The molecule has 0 heterocycles. The van der Waals surface area contributed by atoms with Gasteiger partial charge in [-0.05, 0) is 46.2 Å². The van der Waals surface area contributed by atoms with E-state index in [0.717, 1.165) is 12.8 Å². The van der Waals surface area contributed by atoms with Crippen LogP contribution in [0.4, 0.5) is 0 Å². The molecule has 5 nitrogen and oxygen atoms in total. The maximum absolute atomic E-state index is 12.5. The molecule has 4 N–H and O–H groups in total. The van der Waals surface area contributed by atoms with Crippen LogP contribution in [0.15, 0.2) is 0 Å². The van der Waals surface area contributed by atoms with Crippen molar-refractivity contribution in [2.45, 2.75) is 38.8 Å². The predicted molar refractivity (Wildman–Crippen MR) is 66.6 cm³/mol. The van der Waals surface area contributed by atoms with Crippen LogP contribution in [-0.4, -0.2) is 32.0 Å². The summed E-state index contributed by atoms with van der Waals surface area (Å²) in [6.45, 7) is 5.48. The normalized spacial score (nSPS) is 14.0. The average molecular weight is 252 g/mol. The van der Waals surface area contributed by atoms with Crippen molar-refractivity contribution in [3.05, 3.63) is 0 Å². The van der Waals surface area contributed by atoms with Crippen molar-refractivity contribution in [3.63, 3.8) is 0 Å². The molecule has 0 aliphatic heterocycles. The summed E-state index contributed by atoms with van der Waals surface area (Å²) in [7, 11) is -3.01. The zero-order valence-corrected chi connectivity index (χ0v) is 11.2. The Labute approximate surface area is 98.4 Å². The fourth-order valence-electron chi connectivity index (χ4n) is 1.61. The summed E-state index contributed by atoms with van der Waals surface area (Å²) >= 11 is 0. The summed E-state index contributed by atoms with van der Waals surface area (Å²) in [5.74, 6) is 0. The molecule has 0 aromatic carbocycles. The van der Waals surface area contributed by atoms with E-state index in [1.807, 2.05) is 13.8 Å². The van der Waals surface area contributed by atoms with Gasteiger partial charge in [-0.3, -0.25) is 4.57 Å². The van der Waals surface area contributed by atoms with Crippen LogP contribution in [0.1, 0.15) is 33.1 Å². The number of hydrogen-bond donors (Lipinski definition) is 2. The van der Waals surface area contributed by atoms with Crippen LogP contribution in [0, 0.1) is 0 Å². The first kappa shape index (κ1) is 16.1. The third-order valence-corrected chi connectivity index (χ3v) is 4.95. The van der Waals surface area contributed by atoms with E-state index in [-0.39, 0.29) is 5.66 Å². The van der Waals surface area contributed by atoms with Crippen LogP contribution in [0.2, 0.25) is 0 Å². The SMILES string of the molecule is CCOP(=O)(OCC)C(CCN)CCCN. The molecule has 0 amide bonds. The van der Waals surface area contributed by atoms with E-state index in [0.29, 0.717) is 32.7 Å². The lowest BCUT2D eigenvalue weighted by molar-refractivity contribution is 0.209. The fourth-order valence-corrected chi connectivity index (χ4v) is 3.79. The third kappa shape index (κ3) is 5.41. The molecule has 0 spiro atoms. The highest BCUT2D eigenvalue weighted by molar-refractivity contribution is 7.54. The second-order valence-corrected chi connectivity index (χ2v) is 5.86. The molecule has 0 bridgehead atoms. The standard InChI is InChI=1S/C10H25N2O3P/c1-3-14-16(13,15-4-2)10(7-9-12)6-5-8-11/h10H,3-9,11-12H2,1-2H3. The summed E-state index contributed by atoms with van der Waals surface area (Å²) in [6.07, 6.45) is 2.21. The second kappa shape index (κ2) is 9.14. The topological polar surface area (TPSA) is 87.6 Å². The molecule has 98 valence electrons. The van der Waals surface area contributed by atoms with Gasteiger partial charge >= 0.3 is 7.60 Å². The predicted octanol–water partition coefficient (Wildman–Crippen LogP) is 1.71. The molecule has 16 heavy (non-hydrogen) atoms. The minimum atomic E-state index is -3.01. The lowest BCUT2D eigenvalue weighted by Gasteiger charge is -2.25. The van der Waals surface area contributed by atoms with Gasteiger partial charge in [0.05, 0.1) is 18.9 Å². The quantitative estimate of drug-likeness (QED) is 0.578. The van der Waals surface area contributed by atoms with E-state index < -0.39 is 7.60 Å². The first-order valence-electron chi connectivity index (χ1n) is 5.93. The Morgan fingerprint density at radius 1 is 1.06 bits per heavy atom. The van der Waals surface area contributed by atoms with Crippen LogP contribution in [0.5, 0.6) is 0 Å². The van der Waals surface area contributed by atoms with Crippen molar-refractivity contribution in [3.8, 4) is 0 Å². The molecular formula is C10H25N2O3P. The molecule has 0 fully saturated rings. The van der Waals surface area contributed by atoms with Gasteiger partial charge in [-0.2, -0.15) is 0 Å². The summed E-state index contributed by atoms with van der Waals surface area (Å²) < 4.78 is 23.1. The molecule has 0 aliphatic carbocycles. The van der Waals surface area contributed by atoms with Crippen molar-refractivity contribution in [2.24, 2.45) is 11.5 Å². The van der Waals surface area contributed by atoms with Crippen LogP contribution in [0.25, 0.3) is 0 Å². The van der Waals surface area contributed by atoms with Gasteiger partial charge in [0.25, 0.3) is 0 Å².